The van der Waals surface area contributed by atoms with Crippen LogP contribution < -0.4 is 10.3 Å². The van der Waals surface area contributed by atoms with Gasteiger partial charge in [0.1, 0.15) is 12.2 Å². The minimum absolute atomic E-state index is 0.184. The van der Waals surface area contributed by atoms with Crippen molar-refractivity contribution in [2.24, 2.45) is 7.05 Å². The molecule has 0 aliphatic carbocycles. The maximum Gasteiger partial charge on any atom is 0.267 e. The third-order valence-corrected chi connectivity index (χ3v) is 2.92. The standard InChI is InChI=1S/C13H13N5O3/c1-17-7-9(6-14-17)11-5-10(21-16-11)8-18-13(19)4-3-12(15-18)20-2/h3-7H,8H2,1-2H3. The Balaban J connectivity index is 1.86. The molecular formula is C13H13N5O3. The van der Waals surface area contributed by atoms with Crippen LogP contribution in [0.15, 0.2) is 39.9 Å². The first-order valence-corrected chi connectivity index (χ1v) is 6.22. The van der Waals surface area contributed by atoms with E-state index in [-0.39, 0.29) is 12.1 Å². The molecule has 0 amide bonds. The maximum absolute atomic E-state index is 11.7. The fraction of sp³-hybridized carbons (Fsp3) is 0.231. The Morgan fingerprint density at radius 2 is 2.24 bits per heavy atom. The maximum atomic E-state index is 11.7. The van der Waals surface area contributed by atoms with E-state index in [2.05, 4.69) is 15.4 Å². The van der Waals surface area contributed by atoms with Crippen molar-refractivity contribution in [3.63, 3.8) is 0 Å². The van der Waals surface area contributed by atoms with Gasteiger partial charge in [-0.1, -0.05) is 5.16 Å². The molecule has 0 radical (unpaired) electrons. The summed E-state index contributed by atoms with van der Waals surface area (Å²) in [5, 5.41) is 12.1. The molecule has 0 saturated heterocycles. The smallest absolute Gasteiger partial charge is 0.267 e. The van der Waals surface area contributed by atoms with Crippen LogP contribution in [0, 0.1) is 0 Å². The van der Waals surface area contributed by atoms with Gasteiger partial charge in [-0.3, -0.25) is 9.48 Å². The van der Waals surface area contributed by atoms with Crippen LogP contribution in [0.5, 0.6) is 5.88 Å². The lowest BCUT2D eigenvalue weighted by Crippen LogP contribution is -2.22. The van der Waals surface area contributed by atoms with Crippen molar-refractivity contribution in [1.29, 1.82) is 0 Å². The van der Waals surface area contributed by atoms with E-state index in [4.69, 9.17) is 9.26 Å². The topological polar surface area (TPSA) is 88.0 Å². The number of nitrogens with zero attached hydrogens (tertiary/aromatic N) is 5. The minimum atomic E-state index is -0.241. The van der Waals surface area contributed by atoms with Gasteiger partial charge in [0, 0.05) is 37.0 Å². The van der Waals surface area contributed by atoms with Gasteiger partial charge >= 0.3 is 0 Å². The number of rotatable bonds is 4. The van der Waals surface area contributed by atoms with E-state index in [0.29, 0.717) is 17.3 Å². The lowest BCUT2D eigenvalue weighted by molar-refractivity contribution is 0.353. The summed E-state index contributed by atoms with van der Waals surface area (Å²) < 4.78 is 13.2. The molecule has 108 valence electrons. The second-order valence-electron chi connectivity index (χ2n) is 4.45. The first-order chi connectivity index (χ1) is 10.2. The van der Waals surface area contributed by atoms with Gasteiger partial charge in [-0.05, 0) is 0 Å². The Morgan fingerprint density at radius 1 is 1.38 bits per heavy atom. The fourth-order valence-electron chi connectivity index (χ4n) is 1.88. The zero-order valence-corrected chi connectivity index (χ0v) is 11.6. The number of ether oxygens (including phenoxy) is 1. The number of aryl methyl sites for hydroxylation is 1. The molecule has 0 aliphatic heterocycles. The molecule has 3 heterocycles. The van der Waals surface area contributed by atoms with Crippen molar-refractivity contribution in [2.45, 2.75) is 6.54 Å². The number of hydrogen-bond acceptors (Lipinski definition) is 6. The van der Waals surface area contributed by atoms with Crippen LogP contribution in [0.3, 0.4) is 0 Å². The quantitative estimate of drug-likeness (QED) is 0.701. The van der Waals surface area contributed by atoms with Crippen LogP contribution >= 0.6 is 0 Å². The van der Waals surface area contributed by atoms with Crippen molar-refractivity contribution < 1.29 is 9.26 Å². The average molecular weight is 287 g/mol. The van der Waals surface area contributed by atoms with E-state index in [1.54, 1.807) is 16.9 Å². The monoisotopic (exact) mass is 287 g/mol. The van der Waals surface area contributed by atoms with E-state index in [9.17, 15) is 4.79 Å². The van der Waals surface area contributed by atoms with Crippen molar-refractivity contribution >= 4 is 0 Å². The molecule has 0 unspecified atom stereocenters. The van der Waals surface area contributed by atoms with Gasteiger partial charge < -0.3 is 9.26 Å². The largest absolute Gasteiger partial charge is 0.480 e. The third kappa shape index (κ3) is 2.69. The Hall–Kier alpha value is -2.90. The third-order valence-electron chi connectivity index (χ3n) is 2.92. The summed E-state index contributed by atoms with van der Waals surface area (Å²) >= 11 is 0. The normalized spacial score (nSPS) is 10.8. The Morgan fingerprint density at radius 3 is 2.95 bits per heavy atom. The van der Waals surface area contributed by atoms with Crippen LogP contribution in [0.25, 0.3) is 11.3 Å². The molecule has 0 fully saturated rings. The molecule has 21 heavy (non-hydrogen) atoms. The number of methoxy groups -OCH3 is 1. The van der Waals surface area contributed by atoms with E-state index >= 15 is 0 Å². The fourth-order valence-corrected chi connectivity index (χ4v) is 1.88. The van der Waals surface area contributed by atoms with Gasteiger partial charge in [0.05, 0.1) is 13.3 Å². The highest BCUT2D eigenvalue weighted by Gasteiger charge is 2.10. The van der Waals surface area contributed by atoms with Crippen LogP contribution in [0.1, 0.15) is 5.76 Å². The Kier molecular flexibility index (Phi) is 3.27. The highest BCUT2D eigenvalue weighted by Crippen LogP contribution is 2.18. The zero-order valence-electron chi connectivity index (χ0n) is 11.6. The molecule has 3 rings (SSSR count). The second kappa shape index (κ2) is 5.23. The van der Waals surface area contributed by atoms with Gasteiger partial charge in [-0.2, -0.15) is 5.10 Å². The molecular weight excluding hydrogens is 274 g/mol. The molecule has 8 nitrogen and oxygen atoms in total. The number of hydrogen-bond donors (Lipinski definition) is 0. The van der Waals surface area contributed by atoms with Crippen molar-refractivity contribution in [2.75, 3.05) is 7.11 Å². The summed E-state index contributed by atoms with van der Waals surface area (Å²) in [6, 6.07) is 4.66. The predicted molar refractivity (Wildman–Crippen MR) is 72.9 cm³/mol. The van der Waals surface area contributed by atoms with E-state index in [0.717, 1.165) is 5.56 Å². The molecule has 0 spiro atoms. The Labute approximate surface area is 119 Å². The average Bonchev–Trinajstić information content (AvgIpc) is 3.10. The van der Waals surface area contributed by atoms with Crippen LogP contribution in [0.2, 0.25) is 0 Å². The van der Waals surface area contributed by atoms with Gasteiger partial charge in [0.15, 0.2) is 5.76 Å². The summed E-state index contributed by atoms with van der Waals surface area (Å²) in [5.74, 6) is 0.887. The van der Waals surface area contributed by atoms with Crippen LogP contribution in [-0.4, -0.2) is 31.8 Å². The SMILES string of the molecule is COc1ccc(=O)n(Cc2cc(-c3cnn(C)c3)no2)n1. The summed E-state index contributed by atoms with van der Waals surface area (Å²) in [6.07, 6.45) is 3.52. The number of aromatic nitrogens is 5. The molecule has 3 aromatic heterocycles. The molecule has 0 bridgehead atoms. The van der Waals surface area contributed by atoms with Gasteiger partial charge in [-0.25, -0.2) is 4.68 Å². The highest BCUT2D eigenvalue weighted by molar-refractivity contribution is 5.56. The molecule has 0 N–H and O–H groups in total. The molecule has 8 heteroatoms. The second-order valence-corrected chi connectivity index (χ2v) is 4.45. The van der Waals surface area contributed by atoms with Gasteiger partial charge in [0.2, 0.25) is 5.88 Å². The van der Waals surface area contributed by atoms with E-state index in [1.165, 1.54) is 23.9 Å². The highest BCUT2D eigenvalue weighted by atomic mass is 16.5. The summed E-state index contributed by atoms with van der Waals surface area (Å²) in [6.45, 7) is 0.184. The molecule has 0 atom stereocenters. The molecule has 3 aromatic rings. The van der Waals surface area contributed by atoms with E-state index < -0.39 is 0 Å². The van der Waals surface area contributed by atoms with Crippen molar-refractivity contribution in [3.8, 4) is 17.1 Å². The minimum Gasteiger partial charge on any atom is -0.480 e. The van der Waals surface area contributed by atoms with Crippen molar-refractivity contribution in [3.05, 3.63) is 46.7 Å². The van der Waals surface area contributed by atoms with Gasteiger partial charge in [0.25, 0.3) is 5.56 Å². The van der Waals surface area contributed by atoms with Crippen LogP contribution in [0.4, 0.5) is 0 Å². The summed E-state index contributed by atoms with van der Waals surface area (Å²) in [5.41, 5.74) is 1.27. The lowest BCUT2D eigenvalue weighted by Gasteiger charge is -2.03. The predicted octanol–water partition coefficient (Wildman–Crippen LogP) is 0.689. The molecule has 0 saturated carbocycles. The van der Waals surface area contributed by atoms with Crippen molar-refractivity contribution in [1.82, 2.24) is 24.7 Å². The van der Waals surface area contributed by atoms with Crippen LogP contribution in [-0.2, 0) is 13.6 Å². The molecule has 0 aliphatic rings. The molecule has 0 aromatic carbocycles. The first kappa shape index (κ1) is 13.1. The summed E-state index contributed by atoms with van der Waals surface area (Å²) in [7, 11) is 3.32. The zero-order chi connectivity index (χ0) is 14.8. The Bertz CT molecular complexity index is 817. The van der Waals surface area contributed by atoms with E-state index in [1.807, 2.05) is 13.2 Å². The summed E-state index contributed by atoms with van der Waals surface area (Å²) in [4.78, 5) is 11.7. The first-order valence-electron chi connectivity index (χ1n) is 6.22. The van der Waals surface area contributed by atoms with Gasteiger partial charge in [-0.15, -0.1) is 5.10 Å². The lowest BCUT2D eigenvalue weighted by atomic mass is 10.2.